The van der Waals surface area contributed by atoms with Gasteiger partial charge in [-0.15, -0.1) is 6.42 Å². The number of rotatable bonds is 1. The van der Waals surface area contributed by atoms with E-state index in [1.54, 1.807) is 0 Å². The Morgan fingerprint density at radius 3 is 2.37 bits per heavy atom. The number of terminal acetylenes is 1. The fourth-order valence-corrected chi connectivity index (χ4v) is 2.13. The largest absolute Gasteiger partial charge is 0.399 e. The molecule has 3 rings (SSSR count). The maximum absolute atomic E-state index is 5.36. The number of nitrogens with two attached hydrogens (primary N) is 1. The molecule has 0 radical (unpaired) electrons. The molecular weight excluding hydrogens is 232 g/mol. The lowest BCUT2D eigenvalue weighted by atomic mass is 10.2. The number of fused-ring (bicyclic) bond motifs is 1. The molecule has 2 heteroatoms. The fraction of sp³-hybridized carbons (Fsp3) is 0.176. The second-order valence-corrected chi connectivity index (χ2v) is 4.42. The number of nitrogen functional groups attached to an aromatic ring is 1. The van der Waals surface area contributed by atoms with Gasteiger partial charge < -0.3 is 10.6 Å². The quantitative estimate of drug-likeness (QED) is 0.623. The summed E-state index contributed by atoms with van der Waals surface area (Å²) in [6.07, 6.45) is 6.41. The molecule has 19 heavy (non-hydrogen) atoms. The van der Waals surface area contributed by atoms with E-state index in [0.717, 1.165) is 25.2 Å². The molecule has 2 aromatic carbocycles. The van der Waals surface area contributed by atoms with Crippen LogP contribution in [-0.2, 0) is 6.42 Å². The van der Waals surface area contributed by atoms with E-state index in [1.165, 1.54) is 11.3 Å². The van der Waals surface area contributed by atoms with Crippen molar-refractivity contribution in [1.29, 1.82) is 0 Å². The molecule has 0 bridgehead atoms. The third-order valence-electron chi connectivity index (χ3n) is 3.07. The predicted octanol–water partition coefficient (Wildman–Crippen LogP) is 2.95. The highest BCUT2D eigenvalue weighted by molar-refractivity contribution is 5.58. The van der Waals surface area contributed by atoms with Crippen molar-refractivity contribution in [2.45, 2.75) is 6.42 Å². The Kier molecular flexibility index (Phi) is 4.47. The van der Waals surface area contributed by atoms with E-state index in [2.05, 4.69) is 35.1 Å². The molecule has 2 aromatic rings. The minimum Gasteiger partial charge on any atom is -0.399 e. The van der Waals surface area contributed by atoms with Gasteiger partial charge in [-0.3, -0.25) is 0 Å². The van der Waals surface area contributed by atoms with Crippen LogP contribution in [-0.4, -0.2) is 13.1 Å². The van der Waals surface area contributed by atoms with Gasteiger partial charge in [0, 0.05) is 17.9 Å². The Hall–Kier alpha value is -2.40. The topological polar surface area (TPSA) is 29.3 Å². The summed E-state index contributed by atoms with van der Waals surface area (Å²) in [5, 5.41) is 0. The van der Waals surface area contributed by atoms with Crippen molar-refractivity contribution in [3.63, 3.8) is 0 Å². The van der Waals surface area contributed by atoms with Gasteiger partial charge in [0.1, 0.15) is 0 Å². The number of nitrogens with zero attached hydrogens (tertiary/aromatic N) is 1. The van der Waals surface area contributed by atoms with Gasteiger partial charge in [0.2, 0.25) is 0 Å². The number of hydrogen-bond acceptors (Lipinski definition) is 2. The van der Waals surface area contributed by atoms with Crippen molar-refractivity contribution in [3.8, 4) is 12.3 Å². The zero-order valence-electron chi connectivity index (χ0n) is 10.9. The third kappa shape index (κ3) is 3.53. The van der Waals surface area contributed by atoms with E-state index in [4.69, 9.17) is 12.2 Å². The summed E-state index contributed by atoms with van der Waals surface area (Å²) < 4.78 is 0. The molecule has 0 saturated heterocycles. The first-order valence-corrected chi connectivity index (χ1v) is 6.38. The number of para-hydroxylation sites is 2. The van der Waals surface area contributed by atoms with Crippen LogP contribution < -0.4 is 10.6 Å². The highest BCUT2D eigenvalue weighted by atomic mass is 15.1. The van der Waals surface area contributed by atoms with E-state index in [9.17, 15) is 0 Å². The van der Waals surface area contributed by atoms with Crippen LogP contribution in [0.15, 0.2) is 54.6 Å². The molecule has 0 fully saturated rings. The third-order valence-corrected chi connectivity index (χ3v) is 3.07. The van der Waals surface area contributed by atoms with Gasteiger partial charge in [-0.25, -0.2) is 0 Å². The minimum absolute atomic E-state index is 0.733. The summed E-state index contributed by atoms with van der Waals surface area (Å²) >= 11 is 0. The molecule has 0 amide bonds. The van der Waals surface area contributed by atoms with Gasteiger partial charge in [0.05, 0.1) is 6.54 Å². The van der Waals surface area contributed by atoms with E-state index in [0.29, 0.717) is 0 Å². The van der Waals surface area contributed by atoms with Gasteiger partial charge in [-0.2, -0.15) is 0 Å². The molecule has 0 spiro atoms. The molecule has 2 nitrogen and oxygen atoms in total. The molecule has 2 N–H and O–H groups in total. The summed E-state index contributed by atoms with van der Waals surface area (Å²) in [4.78, 5) is 2.25. The average molecular weight is 250 g/mol. The van der Waals surface area contributed by atoms with Gasteiger partial charge in [0.25, 0.3) is 0 Å². The van der Waals surface area contributed by atoms with Crippen LogP contribution in [0, 0.1) is 12.3 Å². The highest BCUT2D eigenvalue weighted by Crippen LogP contribution is 2.26. The molecule has 96 valence electrons. The Balaban J connectivity index is 0.000000163. The summed E-state index contributed by atoms with van der Waals surface area (Å²) in [5.74, 6) is 2.68. The molecule has 1 aliphatic rings. The van der Waals surface area contributed by atoms with Gasteiger partial charge >= 0.3 is 0 Å². The Bertz CT molecular complexity index is 555. The Morgan fingerprint density at radius 1 is 1.05 bits per heavy atom. The molecule has 0 atom stereocenters. The SMILES string of the molecule is C#CCN1CCc2ccccc21.Nc1ccccc1. The average Bonchev–Trinajstić information content (AvgIpc) is 2.85. The monoisotopic (exact) mass is 250 g/mol. The summed E-state index contributed by atoms with van der Waals surface area (Å²) in [6, 6.07) is 17.9. The number of hydrogen-bond donors (Lipinski definition) is 1. The molecule has 0 saturated carbocycles. The first-order valence-electron chi connectivity index (χ1n) is 6.38. The summed E-state index contributed by atoms with van der Waals surface area (Å²) in [6.45, 7) is 1.81. The van der Waals surface area contributed by atoms with Crippen molar-refractivity contribution in [3.05, 3.63) is 60.2 Å². The molecule has 1 aliphatic heterocycles. The first-order chi connectivity index (χ1) is 9.31. The molecule has 0 unspecified atom stereocenters. The van der Waals surface area contributed by atoms with Gasteiger partial charge in [0.15, 0.2) is 0 Å². The van der Waals surface area contributed by atoms with Crippen molar-refractivity contribution in [1.82, 2.24) is 0 Å². The van der Waals surface area contributed by atoms with Crippen molar-refractivity contribution < 1.29 is 0 Å². The zero-order chi connectivity index (χ0) is 13.5. The standard InChI is InChI=1S/C11H11N.C6H7N/c1-2-8-12-9-7-10-5-3-4-6-11(10)12;7-6-4-2-1-3-5-6/h1,3-6H,7-9H2;1-5H,7H2. The van der Waals surface area contributed by atoms with E-state index in [1.807, 2.05) is 30.3 Å². The summed E-state index contributed by atoms with van der Waals surface area (Å²) in [7, 11) is 0. The molecule has 0 aliphatic carbocycles. The predicted molar refractivity (Wildman–Crippen MR) is 82.0 cm³/mol. The second-order valence-electron chi connectivity index (χ2n) is 4.42. The number of benzene rings is 2. The highest BCUT2D eigenvalue weighted by Gasteiger charge is 2.16. The second kappa shape index (κ2) is 6.51. The number of anilines is 2. The van der Waals surface area contributed by atoms with Gasteiger partial charge in [-0.05, 0) is 30.2 Å². The smallest absolute Gasteiger partial charge is 0.0791 e. The van der Waals surface area contributed by atoms with Crippen LogP contribution in [0.4, 0.5) is 11.4 Å². The molecule has 1 heterocycles. The van der Waals surface area contributed by atoms with E-state index in [-0.39, 0.29) is 0 Å². The normalized spacial score (nSPS) is 12.1. The van der Waals surface area contributed by atoms with E-state index >= 15 is 0 Å². The van der Waals surface area contributed by atoms with Crippen LogP contribution in [0.5, 0.6) is 0 Å². The zero-order valence-corrected chi connectivity index (χ0v) is 10.9. The Labute approximate surface area is 114 Å². The fourth-order valence-electron chi connectivity index (χ4n) is 2.13. The van der Waals surface area contributed by atoms with Crippen LogP contribution in [0.1, 0.15) is 5.56 Å². The molecule has 0 aromatic heterocycles. The van der Waals surface area contributed by atoms with Crippen LogP contribution >= 0.6 is 0 Å². The van der Waals surface area contributed by atoms with E-state index < -0.39 is 0 Å². The Morgan fingerprint density at radius 2 is 1.74 bits per heavy atom. The van der Waals surface area contributed by atoms with Crippen LogP contribution in [0.2, 0.25) is 0 Å². The lowest BCUT2D eigenvalue weighted by Gasteiger charge is -2.14. The lowest BCUT2D eigenvalue weighted by molar-refractivity contribution is 0.915. The van der Waals surface area contributed by atoms with Crippen molar-refractivity contribution in [2.75, 3.05) is 23.7 Å². The maximum atomic E-state index is 5.36. The van der Waals surface area contributed by atoms with Crippen LogP contribution in [0.3, 0.4) is 0 Å². The van der Waals surface area contributed by atoms with Crippen LogP contribution in [0.25, 0.3) is 0 Å². The lowest BCUT2D eigenvalue weighted by Crippen LogP contribution is -2.20. The minimum atomic E-state index is 0.733. The van der Waals surface area contributed by atoms with Crippen molar-refractivity contribution in [2.24, 2.45) is 0 Å². The maximum Gasteiger partial charge on any atom is 0.0791 e. The van der Waals surface area contributed by atoms with Gasteiger partial charge in [-0.1, -0.05) is 42.3 Å². The molecular formula is C17H18N2. The van der Waals surface area contributed by atoms with Crippen molar-refractivity contribution >= 4 is 11.4 Å². The summed E-state index contributed by atoms with van der Waals surface area (Å²) in [5.41, 5.74) is 8.92. The first kappa shape index (κ1) is 13.0.